The number of rotatable bonds is 4. The van der Waals surface area contributed by atoms with Crippen LogP contribution in [0.15, 0.2) is 365 Å². The molecule has 14 aromatic carbocycles. The largest absolute Gasteiger partial charge is 0.296 e. The minimum absolute atomic E-state index is 0.0240. The summed E-state index contributed by atoms with van der Waals surface area (Å²) in [4.78, 5) is 24.1. The number of hydrogen-bond donors (Lipinski definition) is 0. The van der Waals surface area contributed by atoms with Gasteiger partial charge in [0.15, 0.2) is 0 Å². The Morgan fingerprint density at radius 3 is 1.14 bits per heavy atom. The fourth-order valence-electron chi connectivity index (χ4n) is 23.0. The van der Waals surface area contributed by atoms with Crippen LogP contribution in [0.5, 0.6) is 0 Å². The van der Waals surface area contributed by atoms with Crippen LogP contribution in [0.3, 0.4) is 0 Å². The van der Waals surface area contributed by atoms with Crippen LogP contribution in [0.1, 0.15) is 144 Å². The quantitative estimate of drug-likeness (QED) is 0.164. The number of aryl methyl sites for hydroxylation is 2. The van der Waals surface area contributed by atoms with Gasteiger partial charge in [-0.2, -0.15) is 0 Å². The van der Waals surface area contributed by atoms with E-state index in [0.717, 1.165) is 47.5 Å². The lowest BCUT2D eigenvalue weighted by Crippen LogP contribution is -2.44. The Labute approximate surface area is 722 Å². The second-order valence-electron chi connectivity index (χ2n) is 36.2. The van der Waals surface area contributed by atoms with E-state index in [-0.39, 0.29) is 28.1 Å². The first-order valence-corrected chi connectivity index (χ1v) is 44.2. The van der Waals surface area contributed by atoms with E-state index in [2.05, 4.69) is 427 Å². The zero-order valence-electron chi connectivity index (χ0n) is 70.5. The van der Waals surface area contributed by atoms with E-state index < -0.39 is 0 Å². The van der Waals surface area contributed by atoms with Gasteiger partial charge in [-0.15, -0.1) is 0 Å². The van der Waals surface area contributed by atoms with Crippen molar-refractivity contribution >= 4 is 137 Å². The monoisotopic (exact) mass is 1610 g/mol. The van der Waals surface area contributed by atoms with Crippen LogP contribution in [-0.4, -0.2) is 46.9 Å². The van der Waals surface area contributed by atoms with Crippen molar-refractivity contribution in [1.82, 2.24) is 46.9 Å². The summed E-state index contributed by atoms with van der Waals surface area (Å²) in [6, 6.07) is 121. The number of aromatic nitrogens is 10. The molecule has 24 aromatic rings. The Morgan fingerprint density at radius 2 is 0.616 bits per heavy atom. The summed E-state index contributed by atoms with van der Waals surface area (Å²) in [6.45, 7) is 14.0. The van der Waals surface area contributed by atoms with Crippen molar-refractivity contribution in [3.05, 3.63) is 443 Å². The van der Waals surface area contributed by atoms with E-state index >= 15 is 0 Å². The molecule has 125 heavy (non-hydrogen) atoms. The molecule has 0 spiro atoms. The summed E-state index contributed by atoms with van der Waals surface area (Å²) in [5.74, 6) is 1.47. The van der Waals surface area contributed by atoms with Crippen LogP contribution in [0.4, 0.5) is 0 Å². The third kappa shape index (κ3) is 10.3. The Balaban J connectivity index is 0.0000000865. The van der Waals surface area contributed by atoms with E-state index in [1.54, 1.807) is 0 Å². The smallest absolute Gasteiger partial charge is 0.145 e. The van der Waals surface area contributed by atoms with Crippen molar-refractivity contribution in [2.75, 3.05) is 0 Å². The topological polar surface area (TPSA) is 86.5 Å². The maximum absolute atomic E-state index is 4.97. The van der Waals surface area contributed by atoms with Gasteiger partial charge in [0.05, 0.1) is 38.7 Å². The Kier molecular flexibility index (Phi) is 16.1. The van der Waals surface area contributed by atoms with Gasteiger partial charge in [-0.3, -0.25) is 22.0 Å². The molecule has 5 aliphatic heterocycles. The zero-order chi connectivity index (χ0) is 83.3. The molecule has 0 radical (unpaired) electrons. The van der Waals surface area contributed by atoms with Crippen molar-refractivity contribution < 1.29 is 0 Å². The summed E-state index contributed by atoms with van der Waals surface area (Å²) in [6.07, 6.45) is 13.5. The summed E-state index contributed by atoms with van der Waals surface area (Å²) in [5, 5.41) is 19.2. The van der Waals surface area contributed by atoms with Crippen LogP contribution < -0.4 is 0 Å². The molecule has 10 heteroatoms. The van der Waals surface area contributed by atoms with Crippen LogP contribution in [-0.2, 0) is 35.5 Å². The highest BCUT2D eigenvalue weighted by Gasteiger charge is 2.47. The molecule has 4 unspecified atom stereocenters. The van der Waals surface area contributed by atoms with E-state index in [0.29, 0.717) is 11.8 Å². The van der Waals surface area contributed by atoms with Gasteiger partial charge in [0.1, 0.15) is 28.2 Å². The predicted molar refractivity (Wildman–Crippen MR) is 514 cm³/mol. The van der Waals surface area contributed by atoms with Crippen LogP contribution >= 0.6 is 0 Å². The molecule has 5 aliphatic rings. The van der Waals surface area contributed by atoms with Gasteiger partial charge in [0.25, 0.3) is 0 Å². The Bertz CT molecular complexity index is 8540. The first-order valence-electron chi connectivity index (χ1n) is 44.2. The number of imidazole rings is 5. The van der Waals surface area contributed by atoms with Crippen molar-refractivity contribution in [2.24, 2.45) is 0 Å². The SMILES string of the molecule is CC1(C)c2cccc3c4ccccc4c4ncc(n4c23)C1(C)C.CC1c2cccc3c4ccccc4c4ncc(n4c23)C1C.c1ccc(C2(c3ccccc3)Cc3cnc4c5ccccc5c5cccc2c5n34)cc1.c1ccc(C2c3cccc4c5ccccc5c5ncc(n5c34)C2c2ccccc2)cc1.c1ccc2c(c1)c1cccc3c1n1c(cnc21)CC3. The molecule has 4 atom stereocenters. The predicted octanol–water partition coefficient (Wildman–Crippen LogP) is 27.3. The Morgan fingerprint density at radius 1 is 0.256 bits per heavy atom. The normalized spacial score (nSPS) is 17.0. The number of nitrogens with zero attached hydrogens (tertiary/aromatic N) is 10. The first-order chi connectivity index (χ1) is 61.4. The van der Waals surface area contributed by atoms with Gasteiger partial charge in [-0.05, 0) is 95.8 Å². The summed E-state index contributed by atoms with van der Waals surface area (Å²) < 4.78 is 12.0. The highest BCUT2D eigenvalue weighted by Crippen LogP contribution is 2.55. The molecule has 0 N–H and O–H groups in total. The minimum Gasteiger partial charge on any atom is -0.296 e. The minimum atomic E-state index is -0.256. The molecule has 0 amide bonds. The number of para-hydroxylation sites is 5. The summed E-state index contributed by atoms with van der Waals surface area (Å²) >= 11 is 0. The van der Waals surface area contributed by atoms with E-state index in [1.807, 2.05) is 6.20 Å². The molecule has 0 saturated heterocycles. The Hall–Kier alpha value is -14.9. The number of benzene rings is 14. The van der Waals surface area contributed by atoms with Gasteiger partial charge >= 0.3 is 0 Å². The molecular formula is C115H88N10. The van der Waals surface area contributed by atoms with E-state index in [9.17, 15) is 0 Å². The second-order valence-corrected chi connectivity index (χ2v) is 36.2. The second kappa shape index (κ2) is 27.6. The lowest BCUT2D eigenvalue weighted by atomic mass is 9.61. The molecule has 0 saturated carbocycles. The molecule has 29 rings (SSSR count). The van der Waals surface area contributed by atoms with Crippen molar-refractivity contribution in [2.45, 2.75) is 101 Å². The van der Waals surface area contributed by atoms with Gasteiger partial charge in [-0.1, -0.05) is 375 Å². The van der Waals surface area contributed by atoms with Crippen LogP contribution in [0, 0.1) is 0 Å². The molecule has 598 valence electrons. The maximum atomic E-state index is 4.97. The fourth-order valence-corrected chi connectivity index (χ4v) is 23.0. The molecule has 10 aromatic heterocycles. The van der Waals surface area contributed by atoms with Gasteiger partial charge in [-0.25, -0.2) is 24.9 Å². The first kappa shape index (κ1) is 72.9. The third-order valence-corrected chi connectivity index (χ3v) is 29.7. The maximum Gasteiger partial charge on any atom is 0.145 e. The molecule has 10 nitrogen and oxygen atoms in total. The van der Waals surface area contributed by atoms with Crippen LogP contribution in [0.25, 0.3) is 137 Å². The van der Waals surface area contributed by atoms with Crippen molar-refractivity contribution in [3.8, 4) is 0 Å². The molecule has 0 aliphatic carbocycles. The van der Waals surface area contributed by atoms with Gasteiger partial charge < -0.3 is 0 Å². The van der Waals surface area contributed by atoms with Gasteiger partial charge in [0, 0.05) is 143 Å². The molecular weight excluding hydrogens is 1520 g/mol. The van der Waals surface area contributed by atoms with E-state index in [4.69, 9.17) is 19.9 Å². The average molecular weight is 1610 g/mol. The number of pyridine rings is 5. The van der Waals surface area contributed by atoms with Crippen molar-refractivity contribution in [1.29, 1.82) is 0 Å². The van der Waals surface area contributed by atoms with Gasteiger partial charge in [0.2, 0.25) is 0 Å². The third-order valence-electron chi connectivity index (χ3n) is 29.7. The zero-order valence-corrected chi connectivity index (χ0v) is 70.5. The highest BCUT2D eigenvalue weighted by atomic mass is 15.1. The molecule has 0 fully saturated rings. The summed E-state index contributed by atoms with van der Waals surface area (Å²) in [5.41, 5.74) is 30.7. The molecule has 0 bridgehead atoms. The highest BCUT2D eigenvalue weighted by molar-refractivity contribution is 6.18. The average Bonchev–Trinajstić information content (AvgIpc) is 1.59. The number of hydrogen-bond acceptors (Lipinski definition) is 5. The standard InChI is InChI=1S/2C29H20N2.C21H20N2.C19H16N2.C17H12N2/c1-3-10-20(11-4-1)29(21-12-5-2-6-13-21)18-22-19-30-28-25-15-8-7-14-23(25)24-16-9-17-26(29)27(24)31(22)28;1-3-10-19(11-4-1)26-24-17-9-16-22-21-14-7-8-15-23(21)29-30-18-25(31(29)28(22)24)27(26)20-12-5-2-6-13-20;1-20(2)16-11-7-10-14-13-8-5-6-9-15(13)19-22-12-17(21(20,3)4)23(19)18(14)16;1-11-12(2)17-10-20-19-16-7-4-3-6-14(16)15-9-5-8-13(11)18(15)21(17)19;1-2-6-15-13(5-1)14-7-3-4-11-8-9-12-10-18-17(15)19(12)16(11)14/h1-17,19H,18H2;1-18,26-27H;5-12H,1-4H3;3-12H,1-2H3;1-7,10H,8-9H2. The van der Waals surface area contributed by atoms with Crippen molar-refractivity contribution in [3.63, 3.8) is 0 Å². The van der Waals surface area contributed by atoms with Crippen LogP contribution in [0.2, 0.25) is 0 Å². The van der Waals surface area contributed by atoms with E-state index in [1.165, 1.54) is 187 Å². The fraction of sp³-hybridized carbons (Fsp3) is 0.139. The number of fused-ring (bicyclic) bond motifs is 15. The lowest BCUT2D eigenvalue weighted by Gasteiger charge is -2.45. The summed E-state index contributed by atoms with van der Waals surface area (Å²) in [7, 11) is 0. The lowest BCUT2D eigenvalue weighted by molar-refractivity contribution is 0.288. The molecule has 15 heterocycles.